The van der Waals surface area contributed by atoms with Crippen LogP contribution in [0, 0.1) is 24.4 Å². The Labute approximate surface area is 174 Å². The van der Waals surface area contributed by atoms with Gasteiger partial charge in [0.2, 0.25) is 11.8 Å². The number of benzene rings is 2. The zero-order valence-electron chi connectivity index (χ0n) is 15.8. The molecule has 0 aliphatic heterocycles. The van der Waals surface area contributed by atoms with Gasteiger partial charge in [-0.1, -0.05) is 30.0 Å². The minimum Gasteiger partial charge on any atom is -0.346 e. The van der Waals surface area contributed by atoms with Gasteiger partial charge in [0.15, 0.2) is 22.6 Å². The van der Waals surface area contributed by atoms with Crippen molar-refractivity contribution < 1.29 is 22.8 Å². The number of halogens is 3. The predicted octanol–water partition coefficient (Wildman–Crippen LogP) is 3.45. The summed E-state index contributed by atoms with van der Waals surface area (Å²) < 4.78 is 41.5. The third-order valence-corrected chi connectivity index (χ3v) is 5.04. The van der Waals surface area contributed by atoms with Gasteiger partial charge >= 0.3 is 0 Å². The molecular formula is C20H17F3N4O2S. The normalized spacial score (nSPS) is 10.7. The number of aryl methyl sites for hydroxylation is 1. The number of thioether (sulfide) groups is 1. The highest BCUT2D eigenvalue weighted by molar-refractivity contribution is 7.99. The van der Waals surface area contributed by atoms with E-state index in [0.717, 1.165) is 17.3 Å². The summed E-state index contributed by atoms with van der Waals surface area (Å²) in [5, 5.41) is 5.07. The topological polar surface area (TPSA) is 76.0 Å². The lowest BCUT2D eigenvalue weighted by Crippen LogP contribution is -2.34. The number of para-hydroxylation sites is 1. The number of carbonyl (C=O) groups excluding carboxylic acids is 2. The van der Waals surface area contributed by atoms with Crippen molar-refractivity contribution in [3.63, 3.8) is 0 Å². The van der Waals surface area contributed by atoms with E-state index < -0.39 is 41.5 Å². The molecule has 156 valence electrons. The molecule has 3 rings (SSSR count). The zero-order valence-corrected chi connectivity index (χ0v) is 16.6. The van der Waals surface area contributed by atoms with Gasteiger partial charge in [-0.3, -0.25) is 14.2 Å². The number of carbonyl (C=O) groups is 2. The van der Waals surface area contributed by atoms with Crippen LogP contribution in [-0.4, -0.2) is 33.7 Å². The fourth-order valence-corrected chi connectivity index (χ4v) is 3.39. The van der Waals surface area contributed by atoms with Crippen LogP contribution in [0.1, 0.15) is 5.56 Å². The van der Waals surface area contributed by atoms with Crippen molar-refractivity contribution in [3.8, 4) is 5.69 Å². The largest absolute Gasteiger partial charge is 0.346 e. The Morgan fingerprint density at radius 2 is 1.83 bits per heavy atom. The fourth-order valence-electron chi connectivity index (χ4n) is 2.59. The molecule has 10 heteroatoms. The van der Waals surface area contributed by atoms with Crippen molar-refractivity contribution in [2.24, 2.45) is 0 Å². The van der Waals surface area contributed by atoms with Crippen molar-refractivity contribution in [2.45, 2.75) is 12.1 Å². The number of hydrogen-bond donors (Lipinski definition) is 2. The highest BCUT2D eigenvalue weighted by Gasteiger charge is 2.16. The second kappa shape index (κ2) is 9.49. The number of aromatic nitrogens is 2. The highest BCUT2D eigenvalue weighted by Crippen LogP contribution is 2.22. The molecule has 0 spiro atoms. The van der Waals surface area contributed by atoms with Crippen molar-refractivity contribution in [2.75, 3.05) is 17.6 Å². The van der Waals surface area contributed by atoms with Crippen LogP contribution in [0.15, 0.2) is 53.9 Å². The molecule has 0 aliphatic carbocycles. The van der Waals surface area contributed by atoms with Gasteiger partial charge in [0, 0.05) is 12.4 Å². The van der Waals surface area contributed by atoms with Gasteiger partial charge in [-0.2, -0.15) is 0 Å². The first-order chi connectivity index (χ1) is 14.4. The maximum Gasteiger partial charge on any atom is 0.243 e. The van der Waals surface area contributed by atoms with Gasteiger partial charge in [0.25, 0.3) is 0 Å². The Hall–Kier alpha value is -3.27. The number of nitrogens with zero attached hydrogens (tertiary/aromatic N) is 2. The van der Waals surface area contributed by atoms with Crippen molar-refractivity contribution >= 4 is 29.3 Å². The summed E-state index contributed by atoms with van der Waals surface area (Å²) in [6.07, 6.45) is 3.41. The molecule has 1 aromatic heterocycles. The molecule has 0 fully saturated rings. The van der Waals surface area contributed by atoms with E-state index >= 15 is 0 Å². The summed E-state index contributed by atoms with van der Waals surface area (Å²) in [5.74, 6) is -5.78. The summed E-state index contributed by atoms with van der Waals surface area (Å²) in [7, 11) is 0. The van der Waals surface area contributed by atoms with Crippen LogP contribution in [0.2, 0.25) is 0 Å². The lowest BCUT2D eigenvalue weighted by Gasteiger charge is -2.10. The maximum absolute atomic E-state index is 13.6. The molecule has 0 aliphatic rings. The summed E-state index contributed by atoms with van der Waals surface area (Å²) >= 11 is 1.18. The molecule has 3 aromatic rings. The molecule has 6 nitrogen and oxygen atoms in total. The number of amides is 2. The van der Waals surface area contributed by atoms with Crippen LogP contribution < -0.4 is 10.6 Å². The molecule has 2 aromatic carbocycles. The average Bonchev–Trinajstić information content (AvgIpc) is 3.20. The van der Waals surface area contributed by atoms with Crippen LogP contribution in [0.3, 0.4) is 0 Å². The lowest BCUT2D eigenvalue weighted by molar-refractivity contribution is -0.122. The summed E-state index contributed by atoms with van der Waals surface area (Å²) in [5.41, 5.74) is 1.47. The third kappa shape index (κ3) is 5.01. The van der Waals surface area contributed by atoms with Crippen LogP contribution in [0.4, 0.5) is 18.9 Å². The van der Waals surface area contributed by atoms with E-state index in [1.54, 1.807) is 12.4 Å². The van der Waals surface area contributed by atoms with Gasteiger partial charge in [0.05, 0.1) is 23.7 Å². The molecule has 0 atom stereocenters. The standard InChI is InChI=1S/C20H17F3N4O2S/c1-12-4-2-3-5-15(12)27-9-8-24-20(27)30-11-17(29)25-10-16(28)26-14-7-6-13(21)18(22)19(14)23/h2-9H,10-11H2,1H3,(H,25,29)(H,26,28). The first-order valence-electron chi connectivity index (χ1n) is 8.79. The quantitative estimate of drug-likeness (QED) is 0.441. The minimum atomic E-state index is -1.68. The highest BCUT2D eigenvalue weighted by atomic mass is 32.2. The van der Waals surface area contributed by atoms with Crippen LogP contribution in [0.5, 0.6) is 0 Å². The summed E-state index contributed by atoms with van der Waals surface area (Å²) in [4.78, 5) is 28.1. The molecule has 1 heterocycles. The van der Waals surface area contributed by atoms with Gasteiger partial charge in [-0.15, -0.1) is 0 Å². The fraction of sp³-hybridized carbons (Fsp3) is 0.150. The van der Waals surface area contributed by atoms with Crippen LogP contribution in [-0.2, 0) is 9.59 Å². The number of anilines is 1. The number of rotatable bonds is 7. The molecule has 0 saturated heterocycles. The molecule has 0 unspecified atom stereocenters. The van der Waals surface area contributed by atoms with Gasteiger partial charge < -0.3 is 10.6 Å². The molecule has 2 N–H and O–H groups in total. The summed E-state index contributed by atoms with van der Waals surface area (Å²) in [6, 6.07) is 9.31. The molecular weight excluding hydrogens is 417 g/mol. The molecule has 2 amide bonds. The van der Waals surface area contributed by atoms with E-state index in [2.05, 4.69) is 15.6 Å². The van der Waals surface area contributed by atoms with Crippen molar-refractivity contribution in [1.29, 1.82) is 0 Å². The number of nitrogens with one attached hydrogen (secondary N) is 2. The maximum atomic E-state index is 13.6. The van der Waals surface area contributed by atoms with Gasteiger partial charge in [0.1, 0.15) is 0 Å². The van der Waals surface area contributed by atoms with E-state index in [-0.39, 0.29) is 5.75 Å². The number of hydrogen-bond acceptors (Lipinski definition) is 4. The van der Waals surface area contributed by atoms with Crippen LogP contribution >= 0.6 is 11.8 Å². The second-order valence-corrected chi connectivity index (χ2v) is 7.15. The predicted molar refractivity (Wildman–Crippen MR) is 107 cm³/mol. The second-order valence-electron chi connectivity index (χ2n) is 6.20. The van der Waals surface area contributed by atoms with Crippen molar-refractivity contribution in [1.82, 2.24) is 14.9 Å². The number of imidazole rings is 1. The Morgan fingerprint density at radius 1 is 1.07 bits per heavy atom. The smallest absolute Gasteiger partial charge is 0.243 e. The zero-order chi connectivity index (χ0) is 21.7. The Balaban J connectivity index is 1.52. The molecule has 0 saturated carbocycles. The first-order valence-corrected chi connectivity index (χ1v) is 9.77. The summed E-state index contributed by atoms with van der Waals surface area (Å²) in [6.45, 7) is 1.51. The molecule has 0 radical (unpaired) electrons. The Morgan fingerprint density at radius 3 is 2.60 bits per heavy atom. The first kappa shape index (κ1) is 21.4. The molecule has 0 bridgehead atoms. The average molecular weight is 434 g/mol. The third-order valence-electron chi connectivity index (χ3n) is 4.07. The van der Waals surface area contributed by atoms with Gasteiger partial charge in [-0.25, -0.2) is 18.2 Å². The van der Waals surface area contributed by atoms with E-state index in [9.17, 15) is 22.8 Å². The SMILES string of the molecule is Cc1ccccc1-n1ccnc1SCC(=O)NCC(=O)Nc1ccc(F)c(F)c1F. The monoisotopic (exact) mass is 434 g/mol. The van der Waals surface area contributed by atoms with E-state index in [0.29, 0.717) is 11.2 Å². The van der Waals surface area contributed by atoms with Crippen molar-refractivity contribution in [3.05, 3.63) is 71.8 Å². The van der Waals surface area contributed by atoms with Crippen LogP contribution in [0.25, 0.3) is 5.69 Å². The molecule has 30 heavy (non-hydrogen) atoms. The van der Waals surface area contributed by atoms with E-state index in [4.69, 9.17) is 0 Å². The minimum absolute atomic E-state index is 0.00425. The lowest BCUT2D eigenvalue weighted by atomic mass is 10.2. The van der Waals surface area contributed by atoms with Gasteiger partial charge in [-0.05, 0) is 30.7 Å². The Bertz CT molecular complexity index is 1090. The van der Waals surface area contributed by atoms with E-state index in [1.165, 1.54) is 11.8 Å². The van der Waals surface area contributed by atoms with E-state index in [1.807, 2.05) is 35.8 Å². The Kier molecular flexibility index (Phi) is 6.78.